The molecule has 2 aromatic carbocycles. The van der Waals surface area contributed by atoms with Gasteiger partial charge < -0.3 is 16.2 Å². The molecule has 4 rings (SSSR count). The number of carbonyl (C=O) groups excluding carboxylic acids is 1. The molecular formula is C28H39N3O2. The van der Waals surface area contributed by atoms with Crippen molar-refractivity contribution in [3.8, 4) is 11.6 Å². The Morgan fingerprint density at radius 1 is 0.970 bits per heavy atom. The van der Waals surface area contributed by atoms with Crippen LogP contribution in [-0.4, -0.2) is 18.3 Å². The number of hydrogen-bond donors (Lipinski definition) is 2. The van der Waals surface area contributed by atoms with Crippen molar-refractivity contribution in [2.24, 2.45) is 22.8 Å². The highest BCUT2D eigenvalue weighted by Crippen LogP contribution is 2.37. The van der Waals surface area contributed by atoms with Crippen LogP contribution in [-0.2, 0) is 6.54 Å². The van der Waals surface area contributed by atoms with Gasteiger partial charge >= 0.3 is 0 Å². The van der Waals surface area contributed by atoms with E-state index in [0.29, 0.717) is 29.2 Å². The van der Waals surface area contributed by atoms with Gasteiger partial charge in [0, 0.05) is 29.8 Å². The zero-order valence-corrected chi connectivity index (χ0v) is 20.5. The quantitative estimate of drug-likeness (QED) is 0.444. The minimum absolute atomic E-state index is 0.450. The van der Waals surface area contributed by atoms with Crippen LogP contribution in [0.5, 0.6) is 11.6 Å². The molecule has 0 aliphatic heterocycles. The Morgan fingerprint density at radius 2 is 1.64 bits per heavy atom. The second-order valence-corrected chi connectivity index (χ2v) is 9.32. The van der Waals surface area contributed by atoms with Crippen molar-refractivity contribution in [2.75, 3.05) is 7.05 Å². The lowest BCUT2D eigenvalue weighted by molar-refractivity contribution is 0.112. The lowest BCUT2D eigenvalue weighted by Gasteiger charge is -2.33. The zero-order chi connectivity index (χ0) is 24.3. The average molecular weight is 450 g/mol. The van der Waals surface area contributed by atoms with Gasteiger partial charge in [-0.1, -0.05) is 70.4 Å². The van der Waals surface area contributed by atoms with Crippen LogP contribution in [0.15, 0.2) is 54.7 Å². The van der Waals surface area contributed by atoms with Crippen molar-refractivity contribution in [3.63, 3.8) is 0 Å². The van der Waals surface area contributed by atoms with Gasteiger partial charge in [0.2, 0.25) is 5.88 Å². The van der Waals surface area contributed by atoms with Gasteiger partial charge in [0.25, 0.3) is 0 Å². The van der Waals surface area contributed by atoms with E-state index in [4.69, 9.17) is 10.5 Å². The smallest absolute Gasteiger partial charge is 0.219 e. The van der Waals surface area contributed by atoms with Gasteiger partial charge in [-0.3, -0.25) is 4.79 Å². The molecule has 178 valence electrons. The number of ether oxygens (including phenoxy) is 1. The molecule has 1 aromatic heterocycles. The lowest BCUT2D eigenvalue weighted by atomic mass is 9.72. The molecule has 1 aliphatic carbocycles. The third-order valence-electron chi connectivity index (χ3n) is 6.13. The summed E-state index contributed by atoms with van der Waals surface area (Å²) in [5.74, 6) is 2.17. The van der Waals surface area contributed by atoms with E-state index >= 15 is 0 Å². The number of pyridine rings is 1. The summed E-state index contributed by atoms with van der Waals surface area (Å²) in [6.45, 7) is 7.61. The summed E-state index contributed by atoms with van der Waals surface area (Å²) in [5, 5.41) is 2.06. The van der Waals surface area contributed by atoms with E-state index in [0.717, 1.165) is 28.5 Å². The van der Waals surface area contributed by atoms with Gasteiger partial charge in [0.05, 0.1) is 0 Å². The van der Waals surface area contributed by atoms with Gasteiger partial charge in [-0.2, -0.15) is 0 Å². The highest BCUT2D eigenvalue weighted by Gasteiger charge is 2.25. The number of hydrogen-bond acceptors (Lipinski definition) is 5. The molecule has 0 unspecified atom stereocenters. The van der Waals surface area contributed by atoms with Crippen molar-refractivity contribution < 1.29 is 9.53 Å². The molecule has 1 fully saturated rings. The van der Waals surface area contributed by atoms with Crippen LogP contribution in [0.1, 0.15) is 68.8 Å². The Kier molecular flexibility index (Phi) is 10.5. The van der Waals surface area contributed by atoms with E-state index in [9.17, 15) is 4.79 Å². The maximum absolute atomic E-state index is 10.6. The molecular weight excluding hydrogens is 410 g/mol. The molecule has 5 nitrogen and oxygen atoms in total. The number of aldehydes is 1. The fourth-order valence-electron chi connectivity index (χ4n) is 4.22. The number of carbonyl (C=O) groups is 1. The van der Waals surface area contributed by atoms with E-state index in [1.54, 1.807) is 12.1 Å². The van der Waals surface area contributed by atoms with Gasteiger partial charge in [-0.15, -0.1) is 0 Å². The van der Waals surface area contributed by atoms with Crippen LogP contribution >= 0.6 is 0 Å². The molecule has 1 saturated carbocycles. The Bertz CT molecular complexity index is 988. The summed E-state index contributed by atoms with van der Waals surface area (Å²) >= 11 is 0. The number of aromatic nitrogens is 1. The van der Waals surface area contributed by atoms with E-state index < -0.39 is 0 Å². The number of nitrogens with zero attached hydrogens (tertiary/aromatic N) is 1. The molecule has 0 saturated heterocycles. The third kappa shape index (κ3) is 7.65. The van der Waals surface area contributed by atoms with Gasteiger partial charge in [-0.25, -0.2) is 4.98 Å². The van der Waals surface area contributed by atoms with Crippen LogP contribution < -0.4 is 16.2 Å². The zero-order valence-electron chi connectivity index (χ0n) is 20.5. The van der Waals surface area contributed by atoms with E-state index in [2.05, 4.69) is 31.5 Å². The highest BCUT2D eigenvalue weighted by atomic mass is 16.5. The molecule has 3 aromatic rings. The van der Waals surface area contributed by atoms with Crippen molar-refractivity contribution in [1.82, 2.24) is 4.98 Å². The molecule has 33 heavy (non-hydrogen) atoms. The van der Waals surface area contributed by atoms with Crippen LogP contribution in [0.25, 0.3) is 10.8 Å². The first-order valence-electron chi connectivity index (χ1n) is 11.8. The topological polar surface area (TPSA) is 91.2 Å². The van der Waals surface area contributed by atoms with Crippen molar-refractivity contribution in [2.45, 2.75) is 59.4 Å². The standard InChI is InChI=1S/C17H14N2O2.C10H20.CH5N/c18-9-13-3-1-5-15-14(13)4-2-6-16(15)21-17-8-7-12(11-20)10-19-17;1-10(2,3)9-7-5-4-6-8-9;1-2/h1-8,10-11H,9,18H2;9H,4-8H2,1-3H3;2H2,1H3. The van der Waals surface area contributed by atoms with Gasteiger partial charge in [0.1, 0.15) is 5.75 Å². The molecule has 0 amide bonds. The summed E-state index contributed by atoms with van der Waals surface area (Å²) in [7, 11) is 1.50. The number of fused-ring (bicyclic) bond motifs is 1. The first kappa shape index (κ1) is 26.5. The number of rotatable bonds is 4. The molecule has 0 radical (unpaired) electrons. The van der Waals surface area contributed by atoms with E-state index in [1.807, 2.05) is 36.4 Å². The minimum Gasteiger partial charge on any atom is -0.438 e. The van der Waals surface area contributed by atoms with Gasteiger partial charge in [0.15, 0.2) is 6.29 Å². The maximum Gasteiger partial charge on any atom is 0.219 e. The predicted octanol–water partition coefficient (Wildman–Crippen LogP) is 6.49. The normalized spacial score (nSPS) is 13.9. The molecule has 0 spiro atoms. The van der Waals surface area contributed by atoms with E-state index in [-0.39, 0.29) is 0 Å². The second kappa shape index (κ2) is 13.1. The first-order chi connectivity index (χ1) is 15.9. The second-order valence-electron chi connectivity index (χ2n) is 9.32. The summed E-state index contributed by atoms with van der Waals surface area (Å²) in [6, 6.07) is 15.1. The van der Waals surface area contributed by atoms with E-state index in [1.165, 1.54) is 45.3 Å². The van der Waals surface area contributed by atoms with Crippen molar-refractivity contribution in [3.05, 3.63) is 65.9 Å². The number of benzene rings is 2. The van der Waals surface area contributed by atoms with Crippen LogP contribution in [0.3, 0.4) is 0 Å². The van der Waals surface area contributed by atoms with Crippen LogP contribution in [0.2, 0.25) is 0 Å². The fraction of sp³-hybridized carbons (Fsp3) is 0.429. The summed E-state index contributed by atoms with van der Waals surface area (Å²) in [5.41, 5.74) is 12.4. The van der Waals surface area contributed by atoms with Crippen LogP contribution in [0, 0.1) is 11.3 Å². The minimum atomic E-state index is 0.450. The highest BCUT2D eigenvalue weighted by molar-refractivity contribution is 5.91. The molecule has 0 atom stereocenters. The van der Waals surface area contributed by atoms with Crippen LogP contribution in [0.4, 0.5) is 0 Å². The van der Waals surface area contributed by atoms with Crippen molar-refractivity contribution >= 4 is 17.1 Å². The SMILES string of the molecule is CC(C)(C)C1CCCCC1.CN.NCc1cccc2c(Oc3ccc(C=O)cn3)cccc12. The monoisotopic (exact) mass is 449 g/mol. The molecule has 4 N–H and O–H groups in total. The third-order valence-corrected chi connectivity index (χ3v) is 6.13. The maximum atomic E-state index is 10.6. The number of nitrogens with two attached hydrogens (primary N) is 2. The molecule has 1 heterocycles. The summed E-state index contributed by atoms with van der Waals surface area (Å²) < 4.78 is 5.82. The first-order valence-corrected chi connectivity index (χ1v) is 11.8. The fourth-order valence-corrected chi connectivity index (χ4v) is 4.22. The average Bonchev–Trinajstić information content (AvgIpc) is 2.86. The Morgan fingerprint density at radius 3 is 2.18 bits per heavy atom. The Hall–Kier alpha value is -2.76. The summed E-state index contributed by atoms with van der Waals surface area (Å²) in [4.78, 5) is 14.7. The molecule has 5 heteroatoms. The van der Waals surface area contributed by atoms with Crippen molar-refractivity contribution in [1.29, 1.82) is 0 Å². The largest absolute Gasteiger partial charge is 0.438 e. The molecule has 0 bridgehead atoms. The Balaban J connectivity index is 0.000000270. The lowest BCUT2D eigenvalue weighted by Crippen LogP contribution is -2.22. The molecule has 1 aliphatic rings. The van der Waals surface area contributed by atoms with Gasteiger partial charge in [-0.05, 0) is 54.3 Å². The Labute approximate surface area is 198 Å². The summed E-state index contributed by atoms with van der Waals surface area (Å²) in [6.07, 6.45) is 9.62. The predicted molar refractivity (Wildman–Crippen MR) is 138 cm³/mol.